The number of rotatable bonds is 1. The van der Waals surface area contributed by atoms with Crippen molar-refractivity contribution in [1.29, 1.82) is 0 Å². The third kappa shape index (κ3) is 2.24. The van der Waals surface area contributed by atoms with Crippen molar-refractivity contribution in [3.8, 4) is 0 Å². The van der Waals surface area contributed by atoms with Crippen LogP contribution in [-0.4, -0.2) is 25.0 Å². The fraction of sp³-hybridized carbons (Fsp3) is 0.400. The summed E-state index contributed by atoms with van der Waals surface area (Å²) in [7, 11) is -3.08. The molecule has 1 fully saturated rings. The predicted octanol–water partition coefficient (Wildman–Crippen LogP) is 1.46. The maximum atomic E-state index is 11.3. The second-order valence-electron chi connectivity index (χ2n) is 3.88. The van der Waals surface area contributed by atoms with E-state index in [-0.39, 0.29) is 17.9 Å². The summed E-state index contributed by atoms with van der Waals surface area (Å²) in [6.07, 6.45) is 0.284. The molecule has 2 rings (SSSR count). The zero-order chi connectivity index (χ0) is 11.1. The van der Waals surface area contributed by atoms with Gasteiger partial charge in [-0.1, -0.05) is 28.1 Å². The van der Waals surface area contributed by atoms with Crippen LogP contribution in [0, 0.1) is 0 Å². The summed E-state index contributed by atoms with van der Waals surface area (Å²) < 4.78 is 23.5. The summed E-state index contributed by atoms with van der Waals surface area (Å²) in [6, 6.07) is 7.16. The Morgan fingerprint density at radius 1 is 1.40 bits per heavy atom. The van der Waals surface area contributed by atoms with Crippen molar-refractivity contribution in [1.82, 2.24) is 0 Å². The van der Waals surface area contributed by atoms with E-state index in [1.807, 2.05) is 6.07 Å². The van der Waals surface area contributed by atoms with Crippen LogP contribution >= 0.6 is 15.9 Å². The van der Waals surface area contributed by atoms with Gasteiger partial charge < -0.3 is 5.11 Å². The Morgan fingerprint density at radius 2 is 2.13 bits per heavy atom. The van der Waals surface area contributed by atoms with E-state index in [0.29, 0.717) is 5.56 Å². The van der Waals surface area contributed by atoms with Crippen LogP contribution in [0.15, 0.2) is 28.7 Å². The Kier molecular flexibility index (Phi) is 2.65. The van der Waals surface area contributed by atoms with Crippen LogP contribution in [0.1, 0.15) is 12.0 Å². The maximum absolute atomic E-state index is 11.3. The van der Waals surface area contributed by atoms with Gasteiger partial charge in [-0.25, -0.2) is 8.42 Å². The molecule has 0 aliphatic carbocycles. The average Bonchev–Trinajstić information content (AvgIpc) is 2.42. The second kappa shape index (κ2) is 3.57. The van der Waals surface area contributed by atoms with Gasteiger partial charge in [-0.05, 0) is 24.1 Å². The summed E-state index contributed by atoms with van der Waals surface area (Å²) >= 11 is 3.30. The van der Waals surface area contributed by atoms with Gasteiger partial charge in [0.1, 0.15) is 5.60 Å². The van der Waals surface area contributed by atoms with E-state index in [2.05, 4.69) is 15.9 Å². The van der Waals surface area contributed by atoms with Crippen LogP contribution in [0.3, 0.4) is 0 Å². The SMILES string of the molecule is O=S1(=O)CCC(O)(c2cccc(Br)c2)C1. The van der Waals surface area contributed by atoms with Gasteiger partial charge >= 0.3 is 0 Å². The van der Waals surface area contributed by atoms with Crippen LogP contribution in [0.2, 0.25) is 0 Å². The third-order valence-electron chi connectivity index (χ3n) is 2.65. The zero-order valence-electron chi connectivity index (χ0n) is 7.98. The van der Waals surface area contributed by atoms with Gasteiger partial charge in [0.2, 0.25) is 0 Å². The van der Waals surface area contributed by atoms with Crippen molar-refractivity contribution >= 4 is 25.8 Å². The van der Waals surface area contributed by atoms with Crippen molar-refractivity contribution in [2.45, 2.75) is 12.0 Å². The van der Waals surface area contributed by atoms with E-state index in [1.165, 1.54) is 0 Å². The molecule has 0 spiro atoms. The van der Waals surface area contributed by atoms with E-state index in [9.17, 15) is 13.5 Å². The summed E-state index contributed by atoms with van der Waals surface area (Å²) in [4.78, 5) is 0. The van der Waals surface area contributed by atoms with Crippen molar-refractivity contribution in [3.05, 3.63) is 34.3 Å². The lowest BCUT2D eigenvalue weighted by Crippen LogP contribution is -2.26. The van der Waals surface area contributed by atoms with E-state index in [4.69, 9.17) is 0 Å². The van der Waals surface area contributed by atoms with E-state index < -0.39 is 15.4 Å². The molecule has 1 aromatic rings. The smallest absolute Gasteiger partial charge is 0.153 e. The summed E-state index contributed by atoms with van der Waals surface area (Å²) in [5.74, 6) is -0.105. The topological polar surface area (TPSA) is 54.4 Å². The van der Waals surface area contributed by atoms with E-state index in [1.54, 1.807) is 18.2 Å². The molecule has 15 heavy (non-hydrogen) atoms. The largest absolute Gasteiger partial charge is 0.384 e. The Labute approximate surface area is 97.2 Å². The first-order valence-electron chi connectivity index (χ1n) is 4.60. The highest BCUT2D eigenvalue weighted by molar-refractivity contribution is 9.10. The third-order valence-corrected chi connectivity index (χ3v) is 4.88. The maximum Gasteiger partial charge on any atom is 0.153 e. The minimum atomic E-state index is -3.08. The molecule has 0 saturated carbocycles. The standard InChI is InChI=1S/C10H11BrO3S/c11-9-3-1-2-8(6-9)10(12)4-5-15(13,14)7-10/h1-3,6,12H,4-5,7H2. The fourth-order valence-corrected chi connectivity index (χ4v) is 4.07. The highest BCUT2D eigenvalue weighted by atomic mass is 79.9. The monoisotopic (exact) mass is 290 g/mol. The number of sulfone groups is 1. The Bertz CT molecular complexity index is 483. The van der Waals surface area contributed by atoms with Crippen LogP contribution < -0.4 is 0 Å². The molecule has 82 valence electrons. The number of hydrogen-bond donors (Lipinski definition) is 1. The van der Waals surface area contributed by atoms with Crippen molar-refractivity contribution in [3.63, 3.8) is 0 Å². The molecule has 1 saturated heterocycles. The molecular formula is C10H11BrO3S. The zero-order valence-corrected chi connectivity index (χ0v) is 10.4. The van der Waals surface area contributed by atoms with Crippen LogP contribution in [0.25, 0.3) is 0 Å². The van der Waals surface area contributed by atoms with Gasteiger partial charge in [0.15, 0.2) is 9.84 Å². The van der Waals surface area contributed by atoms with Crippen LogP contribution in [-0.2, 0) is 15.4 Å². The molecule has 0 radical (unpaired) electrons. The predicted molar refractivity (Wildman–Crippen MR) is 61.3 cm³/mol. The Hall–Kier alpha value is -0.390. The van der Waals surface area contributed by atoms with Crippen molar-refractivity contribution < 1.29 is 13.5 Å². The highest BCUT2D eigenvalue weighted by Crippen LogP contribution is 2.34. The van der Waals surface area contributed by atoms with Crippen LogP contribution in [0.4, 0.5) is 0 Å². The molecule has 1 N–H and O–H groups in total. The Balaban J connectivity index is 2.40. The highest BCUT2D eigenvalue weighted by Gasteiger charge is 2.41. The quantitative estimate of drug-likeness (QED) is 0.852. The number of halogens is 1. The lowest BCUT2D eigenvalue weighted by atomic mass is 9.94. The molecule has 1 aromatic carbocycles. The van der Waals surface area contributed by atoms with Gasteiger partial charge in [-0.2, -0.15) is 0 Å². The van der Waals surface area contributed by atoms with Gasteiger partial charge in [-0.3, -0.25) is 0 Å². The molecule has 0 aromatic heterocycles. The normalized spacial score (nSPS) is 29.2. The lowest BCUT2D eigenvalue weighted by Gasteiger charge is -2.21. The Morgan fingerprint density at radius 3 is 2.67 bits per heavy atom. The molecular weight excluding hydrogens is 280 g/mol. The molecule has 1 atom stereocenters. The molecule has 0 bridgehead atoms. The molecule has 1 aliphatic rings. The molecule has 1 unspecified atom stereocenters. The van der Waals surface area contributed by atoms with E-state index in [0.717, 1.165) is 4.47 Å². The first kappa shape index (κ1) is 11.1. The van der Waals surface area contributed by atoms with Crippen molar-refractivity contribution in [2.24, 2.45) is 0 Å². The minimum Gasteiger partial charge on any atom is -0.384 e. The second-order valence-corrected chi connectivity index (χ2v) is 6.98. The molecule has 5 heteroatoms. The average molecular weight is 291 g/mol. The fourth-order valence-electron chi connectivity index (χ4n) is 1.84. The summed E-state index contributed by atoms with van der Waals surface area (Å²) in [6.45, 7) is 0. The van der Waals surface area contributed by atoms with E-state index >= 15 is 0 Å². The van der Waals surface area contributed by atoms with Crippen LogP contribution in [0.5, 0.6) is 0 Å². The van der Waals surface area contributed by atoms with Gasteiger partial charge in [-0.15, -0.1) is 0 Å². The number of benzene rings is 1. The molecule has 3 nitrogen and oxygen atoms in total. The summed E-state index contributed by atoms with van der Waals surface area (Å²) in [5, 5.41) is 10.2. The minimum absolute atomic E-state index is 0.0655. The molecule has 1 aliphatic heterocycles. The van der Waals surface area contributed by atoms with Gasteiger partial charge in [0.05, 0.1) is 11.5 Å². The summed E-state index contributed by atoms with van der Waals surface area (Å²) in [5.41, 5.74) is -0.541. The number of hydrogen-bond acceptors (Lipinski definition) is 3. The number of aliphatic hydroxyl groups is 1. The van der Waals surface area contributed by atoms with Gasteiger partial charge in [0, 0.05) is 4.47 Å². The lowest BCUT2D eigenvalue weighted by molar-refractivity contribution is 0.0652. The molecule has 1 heterocycles. The van der Waals surface area contributed by atoms with Crippen molar-refractivity contribution in [2.75, 3.05) is 11.5 Å². The first-order valence-corrected chi connectivity index (χ1v) is 7.22. The van der Waals surface area contributed by atoms with Gasteiger partial charge in [0.25, 0.3) is 0 Å². The first-order chi connectivity index (χ1) is 6.91. The molecule has 0 amide bonds.